The first kappa shape index (κ1) is 33.3. The fourth-order valence-electron chi connectivity index (χ4n) is 13.6. The highest BCUT2D eigenvalue weighted by molar-refractivity contribution is 6.07. The van der Waals surface area contributed by atoms with Crippen molar-refractivity contribution in [2.24, 2.45) is 50.7 Å². The van der Waals surface area contributed by atoms with Gasteiger partial charge in [0, 0.05) is 30.9 Å². The number of hydrogen-bond donors (Lipinski definition) is 2. The summed E-state index contributed by atoms with van der Waals surface area (Å²) in [7, 11) is 0. The zero-order valence-corrected chi connectivity index (χ0v) is 30.9. The standard InChI is InChI=1S/C42H58N4O3/c1-25(2)34-30(47)22-42(37(49)46-21-9-11-29(46)36-44-24-28(45-36)26-10-8-20-43-23-26)19-18-40(6)27(35(34)42)12-13-32-39(5)16-15-33(48)38(3,4)31(39)14-17-41(32,40)7/h8,10,20,23-25,27,29,31-33,48H,9,11-19,21-22H2,1-7H3,(H,44,45)/t27-,29+,31+,32-,33+,39+,40-,41-,42-/m1/s1. The van der Waals surface area contributed by atoms with Crippen LogP contribution in [0.15, 0.2) is 41.9 Å². The van der Waals surface area contributed by atoms with E-state index in [1.54, 1.807) is 6.20 Å². The van der Waals surface area contributed by atoms with Crippen molar-refractivity contribution in [1.29, 1.82) is 0 Å². The number of rotatable bonds is 4. The average Bonchev–Trinajstić information content (AvgIpc) is 3.81. The molecule has 0 aromatic carbocycles. The molecule has 49 heavy (non-hydrogen) atoms. The fourth-order valence-corrected chi connectivity index (χ4v) is 13.6. The van der Waals surface area contributed by atoms with Crippen molar-refractivity contribution in [1.82, 2.24) is 19.9 Å². The molecular formula is C42H58N4O3. The Hall–Kier alpha value is -2.80. The molecular weight excluding hydrogens is 608 g/mol. The largest absolute Gasteiger partial charge is 0.393 e. The summed E-state index contributed by atoms with van der Waals surface area (Å²) >= 11 is 0. The molecule has 1 saturated heterocycles. The number of fused-ring (bicyclic) bond motifs is 7. The van der Waals surface area contributed by atoms with Gasteiger partial charge in [0.15, 0.2) is 5.78 Å². The highest BCUT2D eigenvalue weighted by atomic mass is 16.3. The number of carbonyl (C=O) groups excluding carboxylic acids is 2. The first-order valence-corrected chi connectivity index (χ1v) is 19.4. The second kappa shape index (κ2) is 11.1. The monoisotopic (exact) mass is 666 g/mol. The summed E-state index contributed by atoms with van der Waals surface area (Å²) in [6.45, 7) is 17.4. The third-order valence-electron chi connectivity index (χ3n) is 16.2. The van der Waals surface area contributed by atoms with Gasteiger partial charge in [-0.1, -0.05) is 48.5 Å². The molecule has 0 bridgehead atoms. The van der Waals surface area contributed by atoms with Gasteiger partial charge in [0.2, 0.25) is 5.91 Å². The summed E-state index contributed by atoms with van der Waals surface area (Å²) in [6.07, 6.45) is 15.6. The second-order valence-electron chi connectivity index (χ2n) is 18.7. The average molecular weight is 667 g/mol. The molecule has 8 rings (SSSR count). The predicted octanol–water partition coefficient (Wildman–Crippen LogP) is 8.48. The molecule has 2 aromatic rings. The van der Waals surface area contributed by atoms with Crippen molar-refractivity contribution in [2.75, 3.05) is 6.54 Å². The summed E-state index contributed by atoms with van der Waals surface area (Å²) < 4.78 is 0. The lowest BCUT2D eigenvalue weighted by Crippen LogP contribution is -2.66. The Morgan fingerprint density at radius 2 is 1.76 bits per heavy atom. The Morgan fingerprint density at radius 1 is 0.959 bits per heavy atom. The van der Waals surface area contributed by atoms with Gasteiger partial charge in [0.05, 0.1) is 29.5 Å². The van der Waals surface area contributed by atoms with Crippen LogP contribution in [-0.2, 0) is 9.59 Å². The van der Waals surface area contributed by atoms with Crippen LogP contribution in [0.3, 0.4) is 0 Å². The summed E-state index contributed by atoms with van der Waals surface area (Å²) in [6, 6.07) is 3.83. The molecule has 6 aliphatic rings. The normalized spacial score (nSPS) is 41.4. The highest BCUT2D eigenvalue weighted by Crippen LogP contribution is 2.76. The SMILES string of the molecule is CC(C)C1=C2[C@H]3CC[C@@H]4[C@@]5(C)CC[C@H](O)C(C)(C)[C@@H]5CC[C@@]4(C)[C@]3(C)CC[C@@]2(C(=O)N2CCC[C@H]2c2ncc(-c3cccnc3)[nH]2)CC1=O. The third-order valence-corrected chi connectivity index (χ3v) is 16.2. The van der Waals surface area contributed by atoms with Gasteiger partial charge in [-0.05, 0) is 133 Å². The second-order valence-corrected chi connectivity index (χ2v) is 18.7. The number of ketones is 1. The lowest BCUT2D eigenvalue weighted by molar-refractivity contribution is -0.228. The molecule has 1 amide bonds. The molecule has 2 N–H and O–H groups in total. The lowest BCUT2D eigenvalue weighted by Gasteiger charge is -2.72. The van der Waals surface area contributed by atoms with Gasteiger partial charge in [-0.15, -0.1) is 0 Å². The van der Waals surface area contributed by atoms with E-state index in [9.17, 15) is 9.90 Å². The molecule has 7 nitrogen and oxygen atoms in total. The van der Waals surface area contributed by atoms with Gasteiger partial charge >= 0.3 is 0 Å². The van der Waals surface area contributed by atoms with Gasteiger partial charge in [0.1, 0.15) is 5.82 Å². The zero-order chi connectivity index (χ0) is 34.7. The van der Waals surface area contributed by atoms with Gasteiger partial charge in [-0.2, -0.15) is 0 Å². The molecule has 4 saturated carbocycles. The number of aromatic nitrogens is 3. The number of H-pyrrole nitrogens is 1. The number of nitrogens with one attached hydrogen (secondary N) is 1. The van der Waals surface area contributed by atoms with Crippen molar-refractivity contribution >= 4 is 11.7 Å². The Kier molecular flexibility index (Phi) is 7.55. The minimum absolute atomic E-state index is 0.0119. The van der Waals surface area contributed by atoms with E-state index in [1.807, 2.05) is 24.5 Å². The number of likely N-dealkylation sites (tertiary alicyclic amines) is 1. The highest BCUT2D eigenvalue weighted by Gasteiger charge is 2.71. The van der Waals surface area contributed by atoms with E-state index >= 15 is 4.79 Å². The molecule has 2 aromatic heterocycles. The molecule has 7 heteroatoms. The number of Topliss-reactive ketones (excluding diaryl/α,β-unsaturated/α-hetero) is 1. The maximum atomic E-state index is 15.3. The van der Waals surface area contributed by atoms with Crippen LogP contribution in [0.4, 0.5) is 0 Å². The number of aliphatic hydroxyl groups excluding tert-OH is 1. The third kappa shape index (κ3) is 4.42. The first-order chi connectivity index (χ1) is 23.2. The lowest BCUT2D eigenvalue weighted by atomic mass is 9.33. The summed E-state index contributed by atoms with van der Waals surface area (Å²) in [5, 5.41) is 11.1. The number of amides is 1. The molecule has 0 radical (unpaired) electrons. The van der Waals surface area contributed by atoms with Crippen molar-refractivity contribution in [3.05, 3.63) is 47.7 Å². The minimum Gasteiger partial charge on any atom is -0.393 e. The van der Waals surface area contributed by atoms with Crippen LogP contribution in [0, 0.1) is 50.7 Å². The number of allylic oxidation sites excluding steroid dienone is 1. The Bertz CT molecular complexity index is 1690. The summed E-state index contributed by atoms with van der Waals surface area (Å²) in [4.78, 5) is 44.3. The molecule has 1 aliphatic heterocycles. The topological polar surface area (TPSA) is 99.2 Å². The number of aromatic amines is 1. The Balaban J connectivity index is 1.16. The van der Waals surface area contributed by atoms with Crippen LogP contribution in [0.2, 0.25) is 0 Å². The van der Waals surface area contributed by atoms with Crippen molar-refractivity contribution < 1.29 is 14.7 Å². The smallest absolute Gasteiger partial charge is 0.234 e. The summed E-state index contributed by atoms with van der Waals surface area (Å²) in [5.74, 6) is 2.63. The van der Waals surface area contributed by atoms with E-state index in [-0.39, 0.29) is 57.3 Å². The molecule has 264 valence electrons. The van der Waals surface area contributed by atoms with Crippen LogP contribution < -0.4 is 0 Å². The van der Waals surface area contributed by atoms with E-state index in [2.05, 4.69) is 63.3 Å². The van der Waals surface area contributed by atoms with E-state index in [0.29, 0.717) is 24.8 Å². The van der Waals surface area contributed by atoms with E-state index in [0.717, 1.165) is 86.9 Å². The van der Waals surface area contributed by atoms with Crippen LogP contribution in [-0.4, -0.2) is 49.3 Å². The van der Waals surface area contributed by atoms with Crippen LogP contribution >= 0.6 is 0 Å². The van der Waals surface area contributed by atoms with E-state index in [4.69, 9.17) is 4.98 Å². The maximum absolute atomic E-state index is 15.3. The van der Waals surface area contributed by atoms with Crippen molar-refractivity contribution in [3.8, 4) is 11.3 Å². The number of carbonyl (C=O) groups is 2. The van der Waals surface area contributed by atoms with Gasteiger partial charge in [-0.25, -0.2) is 4.98 Å². The van der Waals surface area contributed by atoms with Crippen LogP contribution in [0.25, 0.3) is 11.3 Å². The van der Waals surface area contributed by atoms with Crippen molar-refractivity contribution in [2.45, 2.75) is 131 Å². The predicted molar refractivity (Wildman–Crippen MR) is 191 cm³/mol. The number of pyridine rings is 1. The zero-order valence-electron chi connectivity index (χ0n) is 30.9. The van der Waals surface area contributed by atoms with E-state index in [1.165, 1.54) is 5.57 Å². The molecule has 5 fully saturated rings. The van der Waals surface area contributed by atoms with Gasteiger partial charge in [-0.3, -0.25) is 14.6 Å². The number of aliphatic hydroxyl groups is 1. The summed E-state index contributed by atoms with van der Waals surface area (Å²) in [5.41, 5.74) is 3.59. The number of hydrogen-bond acceptors (Lipinski definition) is 5. The van der Waals surface area contributed by atoms with Crippen molar-refractivity contribution in [3.63, 3.8) is 0 Å². The Morgan fingerprint density at radius 3 is 2.49 bits per heavy atom. The molecule has 0 spiro atoms. The quantitative estimate of drug-likeness (QED) is 0.341. The molecule has 5 aliphatic carbocycles. The molecule has 9 atom stereocenters. The van der Waals surface area contributed by atoms with E-state index < -0.39 is 5.41 Å². The molecule has 0 unspecified atom stereocenters. The van der Waals surface area contributed by atoms with Crippen LogP contribution in [0.1, 0.15) is 131 Å². The number of nitrogens with zero attached hydrogens (tertiary/aromatic N) is 3. The minimum atomic E-state index is -0.747. The van der Waals surface area contributed by atoms with Gasteiger partial charge in [0.25, 0.3) is 0 Å². The fraction of sp³-hybridized carbons (Fsp3) is 0.714. The van der Waals surface area contributed by atoms with Crippen LogP contribution in [0.5, 0.6) is 0 Å². The maximum Gasteiger partial charge on any atom is 0.234 e. The Labute approximate surface area is 293 Å². The first-order valence-electron chi connectivity index (χ1n) is 19.4. The number of imidazole rings is 1. The van der Waals surface area contributed by atoms with Gasteiger partial charge < -0.3 is 15.0 Å². The molecule has 3 heterocycles.